The van der Waals surface area contributed by atoms with Crippen molar-refractivity contribution in [2.24, 2.45) is 0 Å². The molecule has 0 aromatic heterocycles. The van der Waals surface area contributed by atoms with Crippen LogP contribution >= 0.6 is 0 Å². The molecule has 28 heavy (non-hydrogen) atoms. The molecule has 1 fully saturated rings. The number of hydrogen-bond donors (Lipinski definition) is 0. The fraction of sp³-hybridized carbons (Fsp3) is 0.632. The van der Waals surface area contributed by atoms with Gasteiger partial charge >= 0.3 is 5.97 Å². The summed E-state index contributed by atoms with van der Waals surface area (Å²) in [7, 11) is 1.41. The number of methoxy groups -OCH3 is 1. The van der Waals surface area contributed by atoms with E-state index in [1.807, 2.05) is 13.8 Å². The highest BCUT2D eigenvalue weighted by atomic mass is 16.6. The lowest BCUT2D eigenvalue weighted by atomic mass is 10.1. The molecule has 0 N–H and O–H groups in total. The number of ether oxygens (including phenoxy) is 4. The smallest absolute Gasteiger partial charge is 0.345 e. The molecule has 0 spiro atoms. The van der Waals surface area contributed by atoms with Crippen molar-refractivity contribution >= 4 is 11.7 Å². The first-order valence-corrected chi connectivity index (χ1v) is 9.53. The zero-order chi connectivity index (χ0) is 20.9. The first kappa shape index (κ1) is 23.6. The number of morpholine rings is 1. The lowest BCUT2D eigenvalue weighted by Crippen LogP contribution is -2.37. The van der Waals surface area contributed by atoms with Gasteiger partial charge in [0.25, 0.3) is 5.69 Å². The van der Waals surface area contributed by atoms with Gasteiger partial charge in [-0.05, 0) is 13.3 Å². The number of nitrogens with zero attached hydrogens (tertiary/aromatic N) is 2. The number of carbonyl (C=O) groups is 1. The minimum Gasteiger partial charge on any atom is -0.493 e. The monoisotopic (exact) mass is 398 g/mol. The van der Waals surface area contributed by atoms with Gasteiger partial charge in [-0.3, -0.25) is 15.0 Å². The Labute approximate surface area is 165 Å². The average Bonchev–Trinajstić information content (AvgIpc) is 2.73. The van der Waals surface area contributed by atoms with Crippen LogP contribution in [0.2, 0.25) is 0 Å². The van der Waals surface area contributed by atoms with Crippen LogP contribution in [0.15, 0.2) is 12.1 Å². The Bertz CT molecular complexity index is 631. The van der Waals surface area contributed by atoms with Crippen molar-refractivity contribution in [3.63, 3.8) is 0 Å². The van der Waals surface area contributed by atoms with Gasteiger partial charge in [0.15, 0.2) is 11.5 Å². The summed E-state index contributed by atoms with van der Waals surface area (Å²) in [5.41, 5.74) is -0.526. The molecule has 0 saturated carbocycles. The van der Waals surface area contributed by atoms with Gasteiger partial charge in [-0.1, -0.05) is 13.8 Å². The van der Waals surface area contributed by atoms with Crippen LogP contribution in [0.25, 0.3) is 0 Å². The summed E-state index contributed by atoms with van der Waals surface area (Å²) in [5.74, 6) is -0.282. The van der Waals surface area contributed by atoms with Gasteiger partial charge in [0.2, 0.25) is 0 Å². The van der Waals surface area contributed by atoms with E-state index >= 15 is 0 Å². The molecule has 9 nitrogen and oxygen atoms in total. The Morgan fingerprint density at radius 2 is 1.93 bits per heavy atom. The van der Waals surface area contributed by atoms with Crippen LogP contribution in [0.1, 0.15) is 37.6 Å². The Morgan fingerprint density at radius 1 is 1.25 bits per heavy atom. The van der Waals surface area contributed by atoms with Crippen molar-refractivity contribution in [2.75, 3.05) is 53.2 Å². The Kier molecular flexibility index (Phi) is 10.9. The number of benzene rings is 1. The molecule has 1 heterocycles. The lowest BCUT2D eigenvalue weighted by molar-refractivity contribution is -0.385. The standard InChI is InChI=1S/C17H24N2O7.C2H6/c1-3-25-17(20)13-11-15(23-2)16(12-14(13)19(21)22)26-8-4-5-18-6-9-24-10-7-18;1-2/h11-12H,3-10H2,1-2H3;1-2H3. The quantitative estimate of drug-likeness (QED) is 0.271. The highest BCUT2D eigenvalue weighted by Gasteiger charge is 2.25. The van der Waals surface area contributed by atoms with E-state index in [4.69, 9.17) is 18.9 Å². The van der Waals surface area contributed by atoms with E-state index < -0.39 is 10.9 Å². The molecule has 0 bridgehead atoms. The van der Waals surface area contributed by atoms with Crippen molar-refractivity contribution in [1.82, 2.24) is 4.90 Å². The topological polar surface area (TPSA) is 100 Å². The number of nitro groups is 1. The van der Waals surface area contributed by atoms with Crippen LogP contribution in [0.5, 0.6) is 11.5 Å². The van der Waals surface area contributed by atoms with Gasteiger partial charge < -0.3 is 18.9 Å². The van der Waals surface area contributed by atoms with E-state index in [2.05, 4.69) is 4.90 Å². The van der Waals surface area contributed by atoms with E-state index in [9.17, 15) is 14.9 Å². The molecule has 1 aromatic rings. The Morgan fingerprint density at radius 3 is 2.50 bits per heavy atom. The average molecular weight is 398 g/mol. The first-order valence-electron chi connectivity index (χ1n) is 9.53. The van der Waals surface area contributed by atoms with E-state index in [0.717, 1.165) is 39.3 Å². The molecule has 0 unspecified atom stereocenters. The van der Waals surface area contributed by atoms with Crippen LogP contribution in [-0.2, 0) is 9.47 Å². The molecule has 0 amide bonds. The summed E-state index contributed by atoms with van der Waals surface area (Å²) >= 11 is 0. The van der Waals surface area contributed by atoms with E-state index in [-0.39, 0.29) is 29.4 Å². The van der Waals surface area contributed by atoms with Gasteiger partial charge in [0.05, 0.1) is 44.5 Å². The molecule has 0 atom stereocenters. The number of rotatable bonds is 9. The van der Waals surface area contributed by atoms with Gasteiger partial charge in [-0.15, -0.1) is 0 Å². The summed E-state index contributed by atoms with van der Waals surface area (Å²) in [6.07, 6.45) is 0.760. The maximum Gasteiger partial charge on any atom is 0.345 e. The second kappa shape index (κ2) is 12.9. The lowest BCUT2D eigenvalue weighted by Gasteiger charge is -2.26. The van der Waals surface area contributed by atoms with Crippen molar-refractivity contribution < 1.29 is 28.7 Å². The van der Waals surface area contributed by atoms with Crippen molar-refractivity contribution in [3.8, 4) is 11.5 Å². The molecule has 0 aliphatic carbocycles. The number of hydrogen-bond acceptors (Lipinski definition) is 8. The van der Waals surface area contributed by atoms with Crippen LogP contribution in [-0.4, -0.2) is 69.0 Å². The van der Waals surface area contributed by atoms with Crippen LogP contribution in [0.4, 0.5) is 5.69 Å². The number of nitro benzene ring substituents is 1. The van der Waals surface area contributed by atoms with E-state index in [0.29, 0.717) is 6.61 Å². The number of esters is 1. The summed E-state index contributed by atoms with van der Waals surface area (Å²) in [6.45, 7) is 10.2. The highest BCUT2D eigenvalue weighted by Crippen LogP contribution is 2.35. The third-order valence-corrected chi connectivity index (χ3v) is 3.95. The fourth-order valence-electron chi connectivity index (χ4n) is 2.64. The summed E-state index contributed by atoms with van der Waals surface area (Å²) in [5, 5.41) is 11.3. The third kappa shape index (κ3) is 6.97. The molecular formula is C19H30N2O7. The molecule has 1 aliphatic rings. The SMILES string of the molecule is CC.CCOC(=O)c1cc(OC)c(OCCCN2CCOCC2)cc1[N+](=O)[O-]. The molecule has 0 radical (unpaired) electrons. The molecular weight excluding hydrogens is 368 g/mol. The molecule has 9 heteroatoms. The van der Waals surface area contributed by atoms with Crippen molar-refractivity contribution in [2.45, 2.75) is 27.2 Å². The molecule has 1 aliphatic heterocycles. The first-order chi connectivity index (χ1) is 13.6. The second-order valence-electron chi connectivity index (χ2n) is 5.65. The third-order valence-electron chi connectivity index (χ3n) is 3.95. The Hall–Kier alpha value is -2.39. The van der Waals surface area contributed by atoms with Gasteiger partial charge in [-0.2, -0.15) is 0 Å². The predicted molar refractivity (Wildman–Crippen MR) is 104 cm³/mol. The fourth-order valence-corrected chi connectivity index (χ4v) is 2.64. The Balaban J connectivity index is 0.00000190. The van der Waals surface area contributed by atoms with E-state index in [1.165, 1.54) is 19.2 Å². The molecule has 2 rings (SSSR count). The van der Waals surface area contributed by atoms with Crippen LogP contribution in [0.3, 0.4) is 0 Å². The highest BCUT2D eigenvalue weighted by molar-refractivity contribution is 5.95. The zero-order valence-corrected chi connectivity index (χ0v) is 17.1. The zero-order valence-electron chi connectivity index (χ0n) is 17.1. The maximum absolute atomic E-state index is 11.9. The van der Waals surface area contributed by atoms with Crippen molar-refractivity contribution in [3.05, 3.63) is 27.8 Å². The van der Waals surface area contributed by atoms with Crippen molar-refractivity contribution in [1.29, 1.82) is 0 Å². The second-order valence-corrected chi connectivity index (χ2v) is 5.65. The van der Waals surface area contributed by atoms with Crippen LogP contribution < -0.4 is 9.47 Å². The van der Waals surface area contributed by atoms with Gasteiger partial charge in [-0.25, -0.2) is 4.79 Å². The molecule has 1 aromatic carbocycles. The molecule has 1 saturated heterocycles. The summed E-state index contributed by atoms with van der Waals surface area (Å²) < 4.78 is 21.0. The van der Waals surface area contributed by atoms with Crippen LogP contribution in [0, 0.1) is 10.1 Å². The maximum atomic E-state index is 11.9. The van der Waals surface area contributed by atoms with Gasteiger partial charge in [0, 0.05) is 25.7 Å². The minimum atomic E-state index is -0.767. The predicted octanol–water partition coefficient (Wildman–Crippen LogP) is 2.91. The summed E-state index contributed by atoms with van der Waals surface area (Å²) in [4.78, 5) is 24.9. The number of carbonyl (C=O) groups excluding carboxylic acids is 1. The molecule has 158 valence electrons. The summed E-state index contributed by atoms with van der Waals surface area (Å²) in [6, 6.07) is 2.49. The largest absolute Gasteiger partial charge is 0.493 e. The van der Waals surface area contributed by atoms with Gasteiger partial charge in [0.1, 0.15) is 5.56 Å². The normalized spacial score (nSPS) is 13.9. The minimum absolute atomic E-state index is 0.123. The van der Waals surface area contributed by atoms with E-state index in [1.54, 1.807) is 6.92 Å².